The standard InChI is InChI=1S/C9H12FNO/c1-7(11)12-6-8-2-4-9(10)5-3-8/h2-5,7H,6,11H2,1H3/t7-/m1/s1. The summed E-state index contributed by atoms with van der Waals surface area (Å²) in [4.78, 5) is 0. The van der Waals surface area contributed by atoms with E-state index in [2.05, 4.69) is 0 Å². The van der Waals surface area contributed by atoms with E-state index >= 15 is 0 Å². The third-order valence-electron chi connectivity index (χ3n) is 1.43. The first-order valence-electron chi connectivity index (χ1n) is 3.80. The number of halogens is 1. The first kappa shape index (κ1) is 9.16. The lowest BCUT2D eigenvalue weighted by molar-refractivity contribution is 0.0576. The fourth-order valence-electron chi connectivity index (χ4n) is 0.808. The van der Waals surface area contributed by atoms with Gasteiger partial charge in [0.25, 0.3) is 0 Å². The molecule has 66 valence electrons. The van der Waals surface area contributed by atoms with E-state index in [1.165, 1.54) is 12.1 Å². The molecule has 0 aromatic heterocycles. The first-order valence-corrected chi connectivity index (χ1v) is 3.80. The van der Waals surface area contributed by atoms with E-state index in [9.17, 15) is 4.39 Å². The van der Waals surface area contributed by atoms with Gasteiger partial charge in [0, 0.05) is 0 Å². The van der Waals surface area contributed by atoms with Crippen molar-refractivity contribution in [3.63, 3.8) is 0 Å². The van der Waals surface area contributed by atoms with Crippen LogP contribution in [0, 0.1) is 5.82 Å². The highest BCUT2D eigenvalue weighted by molar-refractivity contribution is 5.14. The normalized spacial score (nSPS) is 12.9. The maximum Gasteiger partial charge on any atom is 0.123 e. The molecule has 0 aliphatic heterocycles. The molecule has 0 radical (unpaired) electrons. The highest BCUT2D eigenvalue weighted by Crippen LogP contribution is 2.04. The number of nitrogens with two attached hydrogens (primary N) is 1. The zero-order valence-corrected chi connectivity index (χ0v) is 6.96. The molecule has 1 rings (SSSR count). The van der Waals surface area contributed by atoms with Gasteiger partial charge in [0.1, 0.15) is 12.0 Å². The van der Waals surface area contributed by atoms with Crippen LogP contribution in [0.4, 0.5) is 4.39 Å². The second kappa shape index (κ2) is 4.18. The molecule has 3 heteroatoms. The molecule has 0 heterocycles. The lowest BCUT2D eigenvalue weighted by atomic mass is 10.2. The molecule has 0 unspecified atom stereocenters. The maximum absolute atomic E-state index is 12.4. The van der Waals surface area contributed by atoms with E-state index in [0.717, 1.165) is 5.56 Å². The van der Waals surface area contributed by atoms with Gasteiger partial charge in [-0.15, -0.1) is 0 Å². The van der Waals surface area contributed by atoms with Gasteiger partial charge in [0.15, 0.2) is 0 Å². The Kier molecular flexibility index (Phi) is 3.19. The van der Waals surface area contributed by atoms with Gasteiger partial charge in [-0.25, -0.2) is 4.39 Å². The van der Waals surface area contributed by atoms with Crippen LogP contribution in [0.1, 0.15) is 12.5 Å². The molecule has 0 spiro atoms. The second-order valence-corrected chi connectivity index (χ2v) is 2.64. The molecule has 0 aliphatic rings. The number of hydrogen-bond donors (Lipinski definition) is 1. The number of benzene rings is 1. The summed E-state index contributed by atoms with van der Waals surface area (Å²) in [7, 11) is 0. The van der Waals surface area contributed by atoms with Crippen molar-refractivity contribution < 1.29 is 9.13 Å². The summed E-state index contributed by atoms with van der Waals surface area (Å²) in [6.45, 7) is 2.18. The molecule has 2 N–H and O–H groups in total. The molecule has 0 bridgehead atoms. The van der Waals surface area contributed by atoms with Crippen LogP contribution >= 0.6 is 0 Å². The Morgan fingerprint density at radius 1 is 1.42 bits per heavy atom. The Hall–Kier alpha value is -0.930. The molecule has 0 saturated carbocycles. The van der Waals surface area contributed by atoms with Gasteiger partial charge in [-0.2, -0.15) is 0 Å². The van der Waals surface area contributed by atoms with E-state index in [1.807, 2.05) is 0 Å². The molecule has 1 aromatic carbocycles. The van der Waals surface area contributed by atoms with Gasteiger partial charge in [-0.3, -0.25) is 0 Å². The van der Waals surface area contributed by atoms with Crippen molar-refractivity contribution in [2.75, 3.05) is 0 Å². The van der Waals surface area contributed by atoms with Gasteiger partial charge in [-0.05, 0) is 24.6 Å². The molecule has 1 aromatic rings. The van der Waals surface area contributed by atoms with Crippen LogP contribution in [0.2, 0.25) is 0 Å². The topological polar surface area (TPSA) is 35.2 Å². The minimum atomic E-state index is -0.282. The van der Waals surface area contributed by atoms with Gasteiger partial charge in [0.2, 0.25) is 0 Å². The lowest BCUT2D eigenvalue weighted by Gasteiger charge is -2.06. The summed E-state index contributed by atoms with van der Waals surface area (Å²) >= 11 is 0. The summed E-state index contributed by atoms with van der Waals surface area (Å²) in [5.74, 6) is -0.237. The summed E-state index contributed by atoms with van der Waals surface area (Å²) in [5.41, 5.74) is 6.30. The first-order chi connectivity index (χ1) is 5.68. The largest absolute Gasteiger partial charge is 0.359 e. The molecule has 0 fully saturated rings. The van der Waals surface area contributed by atoms with Crippen LogP contribution < -0.4 is 5.73 Å². The van der Waals surface area contributed by atoms with Gasteiger partial charge in [0.05, 0.1) is 6.61 Å². The fraction of sp³-hybridized carbons (Fsp3) is 0.333. The second-order valence-electron chi connectivity index (χ2n) is 2.64. The average Bonchev–Trinajstić information content (AvgIpc) is 2.03. The molecule has 0 saturated heterocycles. The highest BCUT2D eigenvalue weighted by atomic mass is 19.1. The van der Waals surface area contributed by atoms with Crippen LogP contribution in [0.15, 0.2) is 24.3 Å². The Balaban J connectivity index is 2.48. The Bertz CT molecular complexity index is 233. The Morgan fingerprint density at radius 2 is 2.00 bits per heavy atom. The number of rotatable bonds is 3. The van der Waals surface area contributed by atoms with E-state index in [4.69, 9.17) is 10.5 Å². The van der Waals surface area contributed by atoms with Crippen molar-refractivity contribution in [1.29, 1.82) is 0 Å². The van der Waals surface area contributed by atoms with Crippen LogP contribution in [-0.4, -0.2) is 6.23 Å². The molecular weight excluding hydrogens is 157 g/mol. The van der Waals surface area contributed by atoms with Crippen LogP contribution in [0.5, 0.6) is 0 Å². The third-order valence-corrected chi connectivity index (χ3v) is 1.43. The van der Waals surface area contributed by atoms with Gasteiger partial charge >= 0.3 is 0 Å². The monoisotopic (exact) mass is 169 g/mol. The molecule has 0 amide bonds. The maximum atomic E-state index is 12.4. The zero-order chi connectivity index (χ0) is 8.97. The number of ether oxygens (including phenoxy) is 1. The van der Waals surface area contributed by atoms with Crippen molar-refractivity contribution in [2.45, 2.75) is 19.8 Å². The van der Waals surface area contributed by atoms with Crippen molar-refractivity contribution in [3.8, 4) is 0 Å². The fourth-order valence-corrected chi connectivity index (χ4v) is 0.808. The molecule has 1 atom stereocenters. The van der Waals surface area contributed by atoms with Crippen molar-refractivity contribution in [1.82, 2.24) is 0 Å². The summed E-state index contributed by atoms with van der Waals surface area (Å²) in [5, 5.41) is 0. The van der Waals surface area contributed by atoms with E-state index in [0.29, 0.717) is 6.61 Å². The molecule has 12 heavy (non-hydrogen) atoms. The van der Waals surface area contributed by atoms with E-state index in [1.54, 1.807) is 19.1 Å². The van der Waals surface area contributed by atoms with E-state index in [-0.39, 0.29) is 12.0 Å². The summed E-state index contributed by atoms with van der Waals surface area (Å²) < 4.78 is 17.5. The quantitative estimate of drug-likeness (QED) is 0.698. The molecule has 2 nitrogen and oxygen atoms in total. The lowest BCUT2D eigenvalue weighted by Crippen LogP contribution is -2.18. The number of hydrogen-bond acceptors (Lipinski definition) is 2. The van der Waals surface area contributed by atoms with Gasteiger partial charge < -0.3 is 10.5 Å². The van der Waals surface area contributed by atoms with Crippen molar-refractivity contribution in [3.05, 3.63) is 35.6 Å². The van der Waals surface area contributed by atoms with Crippen LogP contribution in [-0.2, 0) is 11.3 Å². The third kappa shape index (κ3) is 2.98. The molecular formula is C9H12FNO. The Labute approximate surface area is 71.1 Å². The SMILES string of the molecule is C[C@H](N)OCc1ccc(F)cc1. The van der Waals surface area contributed by atoms with Crippen molar-refractivity contribution in [2.24, 2.45) is 5.73 Å². The minimum absolute atomic E-state index is 0.237. The molecule has 0 aliphatic carbocycles. The van der Waals surface area contributed by atoms with Crippen molar-refractivity contribution >= 4 is 0 Å². The highest BCUT2D eigenvalue weighted by Gasteiger charge is 1.96. The predicted octanol–water partition coefficient (Wildman–Crippen LogP) is 1.65. The minimum Gasteiger partial charge on any atom is -0.359 e. The predicted molar refractivity (Wildman–Crippen MR) is 44.8 cm³/mol. The van der Waals surface area contributed by atoms with E-state index < -0.39 is 0 Å². The summed E-state index contributed by atoms with van der Waals surface area (Å²) in [6.07, 6.45) is -0.282. The van der Waals surface area contributed by atoms with Gasteiger partial charge in [-0.1, -0.05) is 12.1 Å². The smallest absolute Gasteiger partial charge is 0.123 e. The summed E-state index contributed by atoms with van der Waals surface area (Å²) in [6, 6.07) is 6.16. The van der Waals surface area contributed by atoms with Crippen LogP contribution in [0.25, 0.3) is 0 Å². The average molecular weight is 169 g/mol. The Morgan fingerprint density at radius 3 is 2.50 bits per heavy atom. The van der Waals surface area contributed by atoms with Crippen LogP contribution in [0.3, 0.4) is 0 Å². The zero-order valence-electron chi connectivity index (χ0n) is 6.96.